The Balaban J connectivity index is -0.0000000320. The van der Waals surface area contributed by atoms with Gasteiger partial charge in [0.2, 0.25) is 0 Å². The van der Waals surface area contributed by atoms with Crippen molar-refractivity contribution in [3.05, 3.63) is 0 Å². The Morgan fingerprint density at radius 3 is 0.714 bits per heavy atom. The van der Waals surface area contributed by atoms with Crippen molar-refractivity contribution in [2.24, 2.45) is 0 Å². The molecule has 96 valence electrons. The van der Waals surface area contributed by atoms with Crippen LogP contribution >= 0.6 is 0 Å². The van der Waals surface area contributed by atoms with Crippen LogP contribution in [-0.4, -0.2) is 58.0 Å². The zero-order chi connectivity index (χ0) is 7.33. The van der Waals surface area contributed by atoms with Crippen molar-refractivity contribution in [3.8, 4) is 0 Å². The van der Waals surface area contributed by atoms with Crippen LogP contribution in [0.25, 0.3) is 0 Å². The SMILES string of the molecule is CC[N+](CC)(CC)CC.O.O.O.O.[OH-]. The van der Waals surface area contributed by atoms with Crippen LogP contribution < -0.4 is 0 Å². The highest BCUT2D eigenvalue weighted by Crippen LogP contribution is 2.03. The molecule has 14 heavy (non-hydrogen) atoms. The molecular formula is C8H29NO5. The predicted molar refractivity (Wildman–Crippen MR) is 58.8 cm³/mol. The molecule has 0 aromatic carbocycles. The van der Waals surface area contributed by atoms with Gasteiger partial charge >= 0.3 is 0 Å². The molecule has 0 aromatic rings. The first-order valence-corrected chi connectivity index (χ1v) is 4.09. The fourth-order valence-electron chi connectivity index (χ4n) is 1.34. The average molecular weight is 219 g/mol. The fraction of sp³-hybridized carbons (Fsp3) is 1.00. The van der Waals surface area contributed by atoms with Crippen LogP contribution in [0.5, 0.6) is 0 Å². The number of hydrogen-bond donors (Lipinski definition) is 0. The lowest BCUT2D eigenvalue weighted by Gasteiger charge is -2.34. The van der Waals surface area contributed by atoms with Gasteiger partial charge in [-0.1, -0.05) is 0 Å². The van der Waals surface area contributed by atoms with Gasteiger partial charge in [-0.3, -0.25) is 0 Å². The Morgan fingerprint density at radius 2 is 0.714 bits per heavy atom. The maximum Gasteiger partial charge on any atom is 0.0757 e. The molecule has 0 atom stereocenters. The Hall–Kier alpha value is -0.240. The summed E-state index contributed by atoms with van der Waals surface area (Å²) >= 11 is 0. The molecule has 0 aliphatic rings. The lowest BCUT2D eigenvalue weighted by Crippen LogP contribution is -2.47. The van der Waals surface area contributed by atoms with E-state index in [-0.39, 0.29) is 27.4 Å². The summed E-state index contributed by atoms with van der Waals surface area (Å²) in [6.07, 6.45) is 0. The molecule has 0 aliphatic carbocycles. The summed E-state index contributed by atoms with van der Waals surface area (Å²) in [7, 11) is 0. The van der Waals surface area contributed by atoms with E-state index in [0.717, 1.165) is 0 Å². The van der Waals surface area contributed by atoms with Crippen LogP contribution in [0, 0.1) is 0 Å². The van der Waals surface area contributed by atoms with E-state index in [2.05, 4.69) is 27.7 Å². The summed E-state index contributed by atoms with van der Waals surface area (Å²) in [6, 6.07) is 0. The highest BCUT2D eigenvalue weighted by molar-refractivity contribution is 4.31. The molecule has 0 heterocycles. The molecule has 0 rings (SSSR count). The van der Waals surface area contributed by atoms with Gasteiger partial charge in [0.25, 0.3) is 0 Å². The molecule has 0 unspecified atom stereocenters. The standard InChI is InChI=1S/C8H20N.5H2O/c1-5-9(6-2,7-3)8-4;;;;;/h5-8H2,1-4H3;5*1H2/q+1;;;;;/p-1. The molecule has 6 heteroatoms. The average Bonchev–Trinajstić information content (AvgIpc) is 1.95. The number of hydrogen-bond acceptors (Lipinski definition) is 1. The smallest absolute Gasteiger partial charge is 0.0757 e. The number of rotatable bonds is 4. The first-order chi connectivity index (χ1) is 4.24. The Labute approximate surface area is 86.7 Å². The Bertz CT molecular complexity index is 60.6. The van der Waals surface area contributed by atoms with Crippen molar-refractivity contribution in [2.75, 3.05) is 26.2 Å². The van der Waals surface area contributed by atoms with E-state index in [4.69, 9.17) is 0 Å². The number of nitrogens with zero attached hydrogens (tertiary/aromatic N) is 1. The zero-order valence-electron chi connectivity index (χ0n) is 9.72. The second-order valence-electron chi connectivity index (χ2n) is 2.61. The third-order valence-corrected chi connectivity index (χ3v) is 2.68. The lowest BCUT2D eigenvalue weighted by atomic mass is 10.3. The van der Waals surface area contributed by atoms with E-state index < -0.39 is 0 Å². The Morgan fingerprint density at radius 1 is 0.571 bits per heavy atom. The molecule has 9 N–H and O–H groups in total. The van der Waals surface area contributed by atoms with Gasteiger partial charge in [-0.05, 0) is 27.7 Å². The minimum atomic E-state index is 0. The summed E-state index contributed by atoms with van der Waals surface area (Å²) < 4.78 is 1.28. The molecule has 0 spiro atoms. The van der Waals surface area contributed by atoms with Crippen LogP contribution in [-0.2, 0) is 0 Å². The maximum absolute atomic E-state index is 2.27. The van der Waals surface area contributed by atoms with Gasteiger partial charge in [0, 0.05) is 0 Å². The molecule has 0 bridgehead atoms. The van der Waals surface area contributed by atoms with Gasteiger partial charge in [0.05, 0.1) is 26.2 Å². The van der Waals surface area contributed by atoms with Gasteiger partial charge in [0.1, 0.15) is 0 Å². The highest BCUT2D eigenvalue weighted by atomic mass is 16.0. The van der Waals surface area contributed by atoms with E-state index in [1.807, 2.05) is 0 Å². The summed E-state index contributed by atoms with van der Waals surface area (Å²) in [5.41, 5.74) is 0. The third-order valence-electron chi connectivity index (χ3n) is 2.68. The molecule has 0 fully saturated rings. The van der Waals surface area contributed by atoms with Gasteiger partial charge in [-0.15, -0.1) is 0 Å². The lowest BCUT2D eigenvalue weighted by molar-refractivity contribution is -0.921. The predicted octanol–water partition coefficient (Wildman–Crippen LogP) is -1.59. The summed E-state index contributed by atoms with van der Waals surface area (Å²) in [5, 5.41) is 0. The van der Waals surface area contributed by atoms with Crippen LogP contribution in [0.2, 0.25) is 0 Å². The van der Waals surface area contributed by atoms with E-state index in [1.54, 1.807) is 0 Å². The van der Waals surface area contributed by atoms with Crippen LogP contribution in [0.4, 0.5) is 0 Å². The molecule has 6 nitrogen and oxygen atoms in total. The first kappa shape index (κ1) is 37.2. The largest absolute Gasteiger partial charge is 0.870 e. The first-order valence-electron chi connectivity index (χ1n) is 4.09. The minimum absolute atomic E-state index is 0. The summed E-state index contributed by atoms with van der Waals surface area (Å²) in [5.74, 6) is 0. The molecule has 0 amide bonds. The van der Waals surface area contributed by atoms with Crippen molar-refractivity contribution in [2.45, 2.75) is 27.7 Å². The van der Waals surface area contributed by atoms with Gasteiger partial charge in [0.15, 0.2) is 0 Å². The molecule has 0 aliphatic heterocycles. The fourth-order valence-corrected chi connectivity index (χ4v) is 1.34. The maximum atomic E-state index is 2.27. The minimum Gasteiger partial charge on any atom is -0.870 e. The van der Waals surface area contributed by atoms with Gasteiger partial charge < -0.3 is 31.9 Å². The van der Waals surface area contributed by atoms with Crippen molar-refractivity contribution < 1.29 is 31.9 Å². The quantitative estimate of drug-likeness (QED) is 0.513. The molecule has 0 saturated carbocycles. The third kappa shape index (κ3) is 9.85. The summed E-state index contributed by atoms with van der Waals surface area (Å²) in [4.78, 5) is 0. The number of quaternary nitrogens is 1. The van der Waals surface area contributed by atoms with E-state index in [1.165, 1.54) is 30.7 Å². The van der Waals surface area contributed by atoms with Crippen LogP contribution in [0.1, 0.15) is 27.7 Å². The normalized spacial score (nSPS) is 7.71. The van der Waals surface area contributed by atoms with Crippen molar-refractivity contribution in [3.63, 3.8) is 0 Å². The second kappa shape index (κ2) is 18.5. The molecule has 0 saturated heterocycles. The van der Waals surface area contributed by atoms with Crippen LogP contribution in [0.15, 0.2) is 0 Å². The molecule has 0 radical (unpaired) electrons. The topological polar surface area (TPSA) is 156 Å². The highest BCUT2D eigenvalue weighted by Gasteiger charge is 2.16. The monoisotopic (exact) mass is 219 g/mol. The van der Waals surface area contributed by atoms with E-state index >= 15 is 0 Å². The van der Waals surface area contributed by atoms with Crippen molar-refractivity contribution in [1.82, 2.24) is 0 Å². The summed E-state index contributed by atoms with van der Waals surface area (Å²) in [6.45, 7) is 14.2. The Kier molecular flexibility index (Phi) is 49.2. The molecular weight excluding hydrogens is 190 g/mol. The van der Waals surface area contributed by atoms with Crippen molar-refractivity contribution >= 4 is 0 Å². The molecule has 0 aromatic heterocycles. The van der Waals surface area contributed by atoms with E-state index in [0.29, 0.717) is 0 Å². The van der Waals surface area contributed by atoms with E-state index in [9.17, 15) is 0 Å². The second-order valence-corrected chi connectivity index (χ2v) is 2.61. The van der Waals surface area contributed by atoms with Crippen LogP contribution in [0.3, 0.4) is 0 Å². The van der Waals surface area contributed by atoms with Gasteiger partial charge in [-0.2, -0.15) is 0 Å². The van der Waals surface area contributed by atoms with Gasteiger partial charge in [-0.25, -0.2) is 0 Å². The zero-order valence-corrected chi connectivity index (χ0v) is 9.72. The van der Waals surface area contributed by atoms with Crippen molar-refractivity contribution in [1.29, 1.82) is 0 Å².